The number of hydrogen-bond acceptors (Lipinski definition) is 9. The predicted molar refractivity (Wildman–Crippen MR) is 135 cm³/mol. The van der Waals surface area contributed by atoms with Crippen molar-refractivity contribution < 1.29 is 36.5 Å². The van der Waals surface area contributed by atoms with E-state index in [2.05, 4.69) is 25.5 Å². The smallest absolute Gasteiger partial charge is 0.418 e. The summed E-state index contributed by atoms with van der Waals surface area (Å²) in [7, 11) is 1.53. The van der Waals surface area contributed by atoms with Gasteiger partial charge in [0.15, 0.2) is 17.3 Å². The highest BCUT2D eigenvalue weighted by Gasteiger charge is 2.39. The van der Waals surface area contributed by atoms with Gasteiger partial charge in [0.05, 0.1) is 38.5 Å². The van der Waals surface area contributed by atoms with Crippen LogP contribution in [0.25, 0.3) is 0 Å². The van der Waals surface area contributed by atoms with Crippen LogP contribution >= 0.6 is 0 Å². The number of alkyl halides is 3. The van der Waals surface area contributed by atoms with Crippen molar-refractivity contribution in [3.8, 4) is 23.1 Å². The molecule has 1 atom stereocenters. The minimum atomic E-state index is -4.80. The molecular formula is C26H29F4N5O4. The van der Waals surface area contributed by atoms with E-state index in [0.717, 1.165) is 50.9 Å². The molecule has 0 amide bonds. The normalized spacial score (nSPS) is 19.4. The van der Waals surface area contributed by atoms with Crippen LogP contribution in [0.3, 0.4) is 0 Å². The van der Waals surface area contributed by atoms with Gasteiger partial charge >= 0.3 is 6.18 Å². The first-order valence-electron chi connectivity index (χ1n) is 12.6. The van der Waals surface area contributed by atoms with E-state index in [4.69, 9.17) is 18.9 Å². The van der Waals surface area contributed by atoms with Crippen LogP contribution in [-0.2, 0) is 11.3 Å². The molecule has 3 heterocycles. The first-order chi connectivity index (χ1) is 18.8. The number of nitrogens with one attached hydrogen (secondary N) is 2. The maximum absolute atomic E-state index is 14.7. The van der Waals surface area contributed by atoms with E-state index in [0.29, 0.717) is 29.5 Å². The van der Waals surface area contributed by atoms with Crippen molar-refractivity contribution in [3.05, 3.63) is 47.6 Å². The molecule has 0 saturated carbocycles. The lowest BCUT2D eigenvalue weighted by Crippen LogP contribution is -2.37. The topological polar surface area (TPSA) is 90.0 Å². The molecule has 39 heavy (non-hydrogen) atoms. The van der Waals surface area contributed by atoms with Crippen molar-refractivity contribution in [2.75, 3.05) is 57.2 Å². The van der Waals surface area contributed by atoms with Gasteiger partial charge in [-0.25, -0.2) is 9.37 Å². The van der Waals surface area contributed by atoms with E-state index >= 15 is 0 Å². The molecule has 9 nitrogen and oxygen atoms in total. The first-order valence-corrected chi connectivity index (χ1v) is 12.6. The van der Waals surface area contributed by atoms with Crippen molar-refractivity contribution in [1.82, 2.24) is 14.9 Å². The third-order valence-corrected chi connectivity index (χ3v) is 6.64. The molecule has 2 aliphatic heterocycles. The molecule has 1 unspecified atom stereocenters. The van der Waals surface area contributed by atoms with Gasteiger partial charge in [0.2, 0.25) is 5.88 Å². The molecule has 2 N–H and O–H groups in total. The molecular weight excluding hydrogens is 522 g/mol. The van der Waals surface area contributed by atoms with Crippen molar-refractivity contribution >= 4 is 11.5 Å². The highest BCUT2D eigenvalue weighted by molar-refractivity contribution is 5.72. The minimum Gasteiger partial charge on any atom is -0.493 e. The van der Waals surface area contributed by atoms with Crippen molar-refractivity contribution in [1.29, 1.82) is 0 Å². The molecule has 0 bridgehead atoms. The molecule has 1 aromatic heterocycles. The van der Waals surface area contributed by atoms with Gasteiger partial charge in [-0.15, -0.1) is 0 Å². The number of fused-ring (bicyclic) bond motifs is 2. The number of anilines is 2. The number of methoxy groups -OCH3 is 1. The standard InChI is InChI=1S/C26H29F4N5O4/c1-36-20-13-19-16(12-21(20)38-9-3-6-35-7-10-37-11-8-35)14-31-23-24(32-15-33-25(23)39-19)34-18-5-2-4-17(22(18)27)26(28,29)30/h2,4,12-13,15,18,31H,3,5-11,14H2,1H3,(H,32,33,34). The molecule has 210 valence electrons. The fourth-order valence-electron chi connectivity index (χ4n) is 4.60. The third kappa shape index (κ3) is 6.19. The Bertz CT molecular complexity index is 1250. The molecule has 2 aromatic rings. The van der Waals surface area contributed by atoms with E-state index in [-0.39, 0.29) is 24.7 Å². The van der Waals surface area contributed by atoms with Crippen molar-refractivity contribution in [2.24, 2.45) is 0 Å². The molecule has 3 aliphatic rings. The average Bonchev–Trinajstić information content (AvgIpc) is 3.11. The van der Waals surface area contributed by atoms with Gasteiger partial charge in [-0.05, 0) is 18.9 Å². The van der Waals surface area contributed by atoms with E-state index in [1.54, 1.807) is 6.07 Å². The zero-order chi connectivity index (χ0) is 27.4. The van der Waals surface area contributed by atoms with Crippen LogP contribution in [0.2, 0.25) is 0 Å². The monoisotopic (exact) mass is 551 g/mol. The van der Waals surface area contributed by atoms with Gasteiger partial charge in [-0.2, -0.15) is 18.2 Å². The zero-order valence-electron chi connectivity index (χ0n) is 21.3. The van der Waals surface area contributed by atoms with Gasteiger partial charge in [-0.1, -0.05) is 12.2 Å². The predicted octanol–water partition coefficient (Wildman–Crippen LogP) is 4.83. The number of nitrogens with zero attached hydrogens (tertiary/aromatic N) is 3. The van der Waals surface area contributed by atoms with E-state index in [1.807, 2.05) is 6.07 Å². The summed E-state index contributed by atoms with van der Waals surface area (Å²) < 4.78 is 77.2. The van der Waals surface area contributed by atoms with Gasteiger partial charge in [-0.3, -0.25) is 4.90 Å². The Balaban J connectivity index is 1.29. The highest BCUT2D eigenvalue weighted by Crippen LogP contribution is 2.43. The first kappa shape index (κ1) is 27.0. The summed E-state index contributed by atoms with van der Waals surface area (Å²) >= 11 is 0. The number of halogens is 4. The minimum absolute atomic E-state index is 0.0225. The summed E-state index contributed by atoms with van der Waals surface area (Å²) in [5.74, 6) is 0.470. The number of benzene rings is 1. The Morgan fingerprint density at radius 3 is 2.77 bits per heavy atom. The fourth-order valence-corrected chi connectivity index (χ4v) is 4.60. The van der Waals surface area contributed by atoms with Gasteiger partial charge in [0, 0.05) is 37.8 Å². The average molecular weight is 552 g/mol. The fraction of sp³-hybridized carbons (Fsp3) is 0.462. The van der Waals surface area contributed by atoms with Crippen LogP contribution in [0.1, 0.15) is 18.4 Å². The van der Waals surface area contributed by atoms with Gasteiger partial charge < -0.3 is 29.6 Å². The van der Waals surface area contributed by atoms with Gasteiger partial charge in [0.25, 0.3) is 0 Å². The second-order valence-corrected chi connectivity index (χ2v) is 9.22. The van der Waals surface area contributed by atoms with Crippen LogP contribution in [0.5, 0.6) is 23.1 Å². The second kappa shape index (κ2) is 11.7. The summed E-state index contributed by atoms with van der Waals surface area (Å²) in [5.41, 5.74) is -0.266. The Labute approximate surface area is 222 Å². The lowest BCUT2D eigenvalue weighted by molar-refractivity contribution is -0.0905. The number of ether oxygens (including phenoxy) is 4. The summed E-state index contributed by atoms with van der Waals surface area (Å²) in [6.45, 7) is 4.99. The summed E-state index contributed by atoms with van der Waals surface area (Å²) in [4.78, 5) is 10.6. The quantitative estimate of drug-likeness (QED) is 0.354. The zero-order valence-corrected chi connectivity index (χ0v) is 21.3. The van der Waals surface area contributed by atoms with Crippen LogP contribution in [0, 0.1) is 0 Å². The SMILES string of the molecule is COc1cc2c(cc1OCCCN1CCOCC1)CNc1c(NC3CC=CC(C(F)(F)F)=C3F)ncnc1O2. The van der Waals surface area contributed by atoms with Crippen LogP contribution in [0.15, 0.2) is 42.0 Å². The van der Waals surface area contributed by atoms with Crippen LogP contribution in [-0.4, -0.2) is 73.7 Å². The molecule has 1 aromatic carbocycles. The highest BCUT2D eigenvalue weighted by atomic mass is 19.4. The van der Waals surface area contributed by atoms with Gasteiger partial charge in [0.1, 0.15) is 23.6 Å². The van der Waals surface area contributed by atoms with E-state index < -0.39 is 23.6 Å². The van der Waals surface area contributed by atoms with Crippen LogP contribution < -0.4 is 24.8 Å². The molecule has 0 radical (unpaired) electrons. The van der Waals surface area contributed by atoms with Crippen LogP contribution in [0.4, 0.5) is 29.1 Å². The number of hydrogen-bond donors (Lipinski definition) is 2. The second-order valence-electron chi connectivity index (χ2n) is 9.22. The summed E-state index contributed by atoms with van der Waals surface area (Å²) in [6.07, 6.45) is -0.716. The summed E-state index contributed by atoms with van der Waals surface area (Å²) in [5, 5.41) is 5.94. The number of morpholine rings is 1. The maximum Gasteiger partial charge on any atom is 0.418 e. The van der Waals surface area contributed by atoms with Crippen molar-refractivity contribution in [3.63, 3.8) is 0 Å². The molecule has 1 saturated heterocycles. The van der Waals surface area contributed by atoms with Crippen molar-refractivity contribution in [2.45, 2.75) is 31.6 Å². The van der Waals surface area contributed by atoms with E-state index in [9.17, 15) is 17.6 Å². The number of allylic oxidation sites excluding steroid dienone is 2. The molecule has 5 rings (SSSR count). The largest absolute Gasteiger partial charge is 0.493 e. The van der Waals surface area contributed by atoms with E-state index in [1.165, 1.54) is 19.5 Å². The Morgan fingerprint density at radius 1 is 1.18 bits per heavy atom. The number of aromatic nitrogens is 2. The molecule has 0 spiro atoms. The number of rotatable bonds is 8. The molecule has 1 aliphatic carbocycles. The lowest BCUT2D eigenvalue weighted by atomic mass is 10.0. The Kier molecular flexibility index (Phi) is 8.07. The maximum atomic E-state index is 14.7. The third-order valence-electron chi connectivity index (χ3n) is 6.64. The summed E-state index contributed by atoms with van der Waals surface area (Å²) in [6, 6.07) is 2.27. The Morgan fingerprint density at radius 2 is 2.00 bits per heavy atom. The molecule has 13 heteroatoms. The molecule has 1 fully saturated rings. The Hall–Kier alpha value is -3.58. The lowest BCUT2D eigenvalue weighted by Gasteiger charge is -2.26.